The Morgan fingerprint density at radius 2 is 1.90 bits per heavy atom. The molecule has 0 saturated heterocycles. The number of nitrogens with zero attached hydrogens (tertiary/aromatic N) is 2. The Morgan fingerprint density at radius 1 is 1.19 bits per heavy atom. The molecule has 21 heavy (non-hydrogen) atoms. The van der Waals surface area contributed by atoms with Gasteiger partial charge in [-0.25, -0.2) is 8.42 Å². The number of hydrogen-bond donors (Lipinski definition) is 1. The van der Waals surface area contributed by atoms with Crippen LogP contribution < -0.4 is 5.32 Å². The van der Waals surface area contributed by atoms with E-state index in [1.54, 1.807) is 6.92 Å². The SMILES string of the molecule is CCCNCCc1c(C)nn(CCCS(=O)(=O)CC)c1C. The molecule has 1 aromatic heterocycles. The van der Waals surface area contributed by atoms with E-state index in [2.05, 4.69) is 24.3 Å². The summed E-state index contributed by atoms with van der Waals surface area (Å²) in [6.45, 7) is 10.6. The van der Waals surface area contributed by atoms with E-state index in [1.165, 1.54) is 11.3 Å². The first-order chi connectivity index (χ1) is 9.91. The average Bonchev–Trinajstić information content (AvgIpc) is 2.70. The van der Waals surface area contributed by atoms with E-state index >= 15 is 0 Å². The van der Waals surface area contributed by atoms with Gasteiger partial charge in [0, 0.05) is 18.0 Å². The lowest BCUT2D eigenvalue weighted by Crippen LogP contribution is -2.18. The third-order valence-corrected chi connectivity index (χ3v) is 5.57. The molecule has 0 fully saturated rings. The Morgan fingerprint density at radius 3 is 2.52 bits per heavy atom. The van der Waals surface area contributed by atoms with Gasteiger partial charge < -0.3 is 5.32 Å². The largest absolute Gasteiger partial charge is 0.316 e. The Hall–Kier alpha value is -0.880. The number of aromatic nitrogens is 2. The van der Waals surface area contributed by atoms with Gasteiger partial charge in [-0.15, -0.1) is 0 Å². The molecule has 1 aromatic rings. The third-order valence-electron chi connectivity index (χ3n) is 3.77. The molecule has 1 rings (SSSR count). The van der Waals surface area contributed by atoms with Gasteiger partial charge in [-0.3, -0.25) is 4.68 Å². The molecule has 0 saturated carbocycles. The zero-order valence-electron chi connectivity index (χ0n) is 13.8. The maximum absolute atomic E-state index is 11.5. The summed E-state index contributed by atoms with van der Waals surface area (Å²) in [5.41, 5.74) is 3.51. The van der Waals surface area contributed by atoms with Crippen LogP contribution in [0.4, 0.5) is 0 Å². The molecule has 0 aromatic carbocycles. The highest BCUT2D eigenvalue weighted by atomic mass is 32.2. The minimum Gasteiger partial charge on any atom is -0.316 e. The molecule has 1 N–H and O–H groups in total. The molecular weight excluding hydrogens is 286 g/mol. The summed E-state index contributed by atoms with van der Waals surface area (Å²) in [5, 5.41) is 7.95. The first-order valence-electron chi connectivity index (χ1n) is 7.85. The van der Waals surface area contributed by atoms with Crippen molar-refractivity contribution in [3.05, 3.63) is 17.0 Å². The van der Waals surface area contributed by atoms with Crippen molar-refractivity contribution in [2.24, 2.45) is 0 Å². The van der Waals surface area contributed by atoms with Crippen LogP contribution in [-0.4, -0.2) is 42.8 Å². The van der Waals surface area contributed by atoms with Gasteiger partial charge in [-0.05, 0) is 51.8 Å². The van der Waals surface area contributed by atoms with E-state index in [4.69, 9.17) is 0 Å². The number of aryl methyl sites for hydroxylation is 2. The standard InChI is InChI=1S/C15H29N3O2S/c1-5-9-16-10-8-15-13(3)17-18(14(15)4)11-7-12-21(19,20)6-2/h16H,5-12H2,1-4H3. The molecule has 0 amide bonds. The van der Waals surface area contributed by atoms with Crippen LogP contribution in [0.1, 0.15) is 43.6 Å². The molecule has 0 unspecified atom stereocenters. The number of nitrogens with one attached hydrogen (secondary N) is 1. The maximum Gasteiger partial charge on any atom is 0.150 e. The summed E-state index contributed by atoms with van der Waals surface area (Å²) in [5.74, 6) is 0.466. The van der Waals surface area contributed by atoms with Gasteiger partial charge in [0.1, 0.15) is 9.84 Å². The molecule has 0 spiro atoms. The molecule has 0 aliphatic carbocycles. The summed E-state index contributed by atoms with van der Waals surface area (Å²) in [4.78, 5) is 0. The molecule has 0 atom stereocenters. The quantitative estimate of drug-likeness (QED) is 0.670. The summed E-state index contributed by atoms with van der Waals surface area (Å²) in [7, 11) is -2.88. The maximum atomic E-state index is 11.5. The van der Waals surface area contributed by atoms with Crippen molar-refractivity contribution >= 4 is 9.84 Å². The van der Waals surface area contributed by atoms with Crippen molar-refractivity contribution in [3.63, 3.8) is 0 Å². The zero-order chi connectivity index (χ0) is 15.9. The number of hydrogen-bond acceptors (Lipinski definition) is 4. The Labute approximate surface area is 129 Å². The van der Waals surface area contributed by atoms with Crippen molar-refractivity contribution in [1.29, 1.82) is 0 Å². The predicted octanol–water partition coefficient (Wildman–Crippen LogP) is 1.87. The zero-order valence-corrected chi connectivity index (χ0v) is 14.6. The molecule has 0 aliphatic heterocycles. The lowest BCUT2D eigenvalue weighted by Gasteiger charge is -2.06. The van der Waals surface area contributed by atoms with Crippen LogP contribution in [0.3, 0.4) is 0 Å². The number of rotatable bonds is 10. The van der Waals surface area contributed by atoms with Gasteiger partial charge in [0.2, 0.25) is 0 Å². The average molecular weight is 315 g/mol. The molecule has 1 heterocycles. The fourth-order valence-corrected chi connectivity index (χ4v) is 3.26. The summed E-state index contributed by atoms with van der Waals surface area (Å²) < 4.78 is 25.0. The van der Waals surface area contributed by atoms with Crippen LogP contribution in [0.25, 0.3) is 0 Å². The van der Waals surface area contributed by atoms with Crippen molar-refractivity contribution in [2.45, 2.75) is 53.5 Å². The van der Waals surface area contributed by atoms with E-state index in [9.17, 15) is 8.42 Å². The van der Waals surface area contributed by atoms with Crippen LogP contribution in [0.5, 0.6) is 0 Å². The van der Waals surface area contributed by atoms with Crippen LogP contribution in [0.15, 0.2) is 0 Å². The molecule has 0 bridgehead atoms. The van der Waals surface area contributed by atoms with E-state index in [-0.39, 0.29) is 11.5 Å². The van der Waals surface area contributed by atoms with E-state index in [0.717, 1.165) is 31.6 Å². The normalized spacial score (nSPS) is 12.0. The highest BCUT2D eigenvalue weighted by molar-refractivity contribution is 7.91. The Kier molecular flexibility index (Phi) is 7.39. The van der Waals surface area contributed by atoms with Crippen LogP contribution in [0, 0.1) is 13.8 Å². The second-order valence-electron chi connectivity index (χ2n) is 5.46. The topological polar surface area (TPSA) is 64.0 Å². The van der Waals surface area contributed by atoms with E-state index < -0.39 is 9.84 Å². The van der Waals surface area contributed by atoms with Crippen LogP contribution >= 0.6 is 0 Å². The Balaban J connectivity index is 2.56. The number of sulfone groups is 1. The molecule has 0 radical (unpaired) electrons. The van der Waals surface area contributed by atoms with Gasteiger partial charge in [-0.1, -0.05) is 13.8 Å². The fraction of sp³-hybridized carbons (Fsp3) is 0.800. The smallest absolute Gasteiger partial charge is 0.150 e. The van der Waals surface area contributed by atoms with Gasteiger partial charge >= 0.3 is 0 Å². The summed E-state index contributed by atoms with van der Waals surface area (Å²) in [6.07, 6.45) is 2.75. The minimum atomic E-state index is -2.88. The molecule has 5 nitrogen and oxygen atoms in total. The van der Waals surface area contributed by atoms with Crippen LogP contribution in [0.2, 0.25) is 0 Å². The monoisotopic (exact) mass is 315 g/mol. The lowest BCUT2D eigenvalue weighted by molar-refractivity contribution is 0.564. The van der Waals surface area contributed by atoms with Crippen LogP contribution in [-0.2, 0) is 22.8 Å². The molecule has 122 valence electrons. The summed E-state index contributed by atoms with van der Waals surface area (Å²) >= 11 is 0. The first kappa shape index (κ1) is 18.2. The molecular formula is C15H29N3O2S. The van der Waals surface area contributed by atoms with Gasteiger partial charge in [0.25, 0.3) is 0 Å². The second-order valence-corrected chi connectivity index (χ2v) is 7.94. The van der Waals surface area contributed by atoms with Crippen molar-refractivity contribution in [1.82, 2.24) is 15.1 Å². The molecule has 6 heteroatoms. The highest BCUT2D eigenvalue weighted by Gasteiger charge is 2.12. The minimum absolute atomic E-state index is 0.221. The first-order valence-corrected chi connectivity index (χ1v) is 9.67. The highest BCUT2D eigenvalue weighted by Crippen LogP contribution is 2.14. The van der Waals surface area contributed by atoms with Gasteiger partial charge in [-0.2, -0.15) is 5.10 Å². The van der Waals surface area contributed by atoms with Gasteiger partial charge in [0.15, 0.2) is 0 Å². The third kappa shape index (κ3) is 5.79. The molecule has 0 aliphatic rings. The fourth-order valence-electron chi connectivity index (χ4n) is 2.41. The Bertz CT molecular complexity index is 535. The second kappa shape index (κ2) is 8.54. The lowest BCUT2D eigenvalue weighted by atomic mass is 10.1. The van der Waals surface area contributed by atoms with Gasteiger partial charge in [0.05, 0.1) is 11.4 Å². The van der Waals surface area contributed by atoms with Crippen molar-refractivity contribution in [3.8, 4) is 0 Å². The summed E-state index contributed by atoms with van der Waals surface area (Å²) in [6, 6.07) is 0. The van der Waals surface area contributed by atoms with Crippen molar-refractivity contribution < 1.29 is 8.42 Å². The van der Waals surface area contributed by atoms with E-state index in [0.29, 0.717) is 13.0 Å². The van der Waals surface area contributed by atoms with Crippen molar-refractivity contribution in [2.75, 3.05) is 24.6 Å². The van der Waals surface area contributed by atoms with E-state index in [1.807, 2.05) is 11.6 Å². The predicted molar refractivity (Wildman–Crippen MR) is 87.5 cm³/mol.